The van der Waals surface area contributed by atoms with Crippen LogP contribution in [0.5, 0.6) is 5.88 Å². The first-order chi connectivity index (χ1) is 15.7. The third-order valence-corrected chi connectivity index (χ3v) is 7.72. The summed E-state index contributed by atoms with van der Waals surface area (Å²) in [4.78, 5) is 21.8. The maximum Gasteiger partial charge on any atom is 0.410 e. The second kappa shape index (κ2) is 9.50. The molecule has 0 atom stereocenters. The van der Waals surface area contributed by atoms with Crippen LogP contribution >= 0.6 is 0 Å². The van der Waals surface area contributed by atoms with Gasteiger partial charge in [-0.15, -0.1) is 0 Å². The number of amides is 1. The number of halogens is 1. The lowest BCUT2D eigenvalue weighted by Gasteiger charge is -2.31. The van der Waals surface area contributed by atoms with Crippen LogP contribution in [-0.2, 0) is 14.6 Å². The van der Waals surface area contributed by atoms with Crippen LogP contribution in [0.4, 0.5) is 20.7 Å². The molecule has 33 heavy (non-hydrogen) atoms. The molecule has 1 N–H and O–H groups in total. The highest BCUT2D eigenvalue weighted by Crippen LogP contribution is 2.34. The van der Waals surface area contributed by atoms with Gasteiger partial charge in [-0.25, -0.2) is 27.6 Å². The first-order valence-electron chi connectivity index (χ1n) is 11.0. The molecule has 178 valence electrons. The van der Waals surface area contributed by atoms with Gasteiger partial charge in [0.05, 0.1) is 21.9 Å². The van der Waals surface area contributed by atoms with Crippen molar-refractivity contribution in [3.63, 3.8) is 0 Å². The number of rotatable bonds is 7. The van der Waals surface area contributed by atoms with E-state index in [9.17, 15) is 17.6 Å². The summed E-state index contributed by atoms with van der Waals surface area (Å²) in [6, 6.07) is 5.37. The van der Waals surface area contributed by atoms with Crippen molar-refractivity contribution < 1.29 is 27.1 Å². The van der Waals surface area contributed by atoms with Crippen molar-refractivity contribution in [2.45, 2.75) is 61.9 Å². The van der Waals surface area contributed by atoms with Gasteiger partial charge in [-0.2, -0.15) is 0 Å². The van der Waals surface area contributed by atoms with Crippen molar-refractivity contribution in [1.29, 1.82) is 0 Å². The lowest BCUT2D eigenvalue weighted by atomic mass is 10.1. The lowest BCUT2D eigenvalue weighted by Crippen LogP contribution is -2.42. The summed E-state index contributed by atoms with van der Waals surface area (Å²) in [5, 5.41) is 2.44. The van der Waals surface area contributed by atoms with E-state index in [4.69, 9.17) is 9.47 Å². The molecule has 0 unspecified atom stereocenters. The summed E-state index contributed by atoms with van der Waals surface area (Å²) in [5.74, 6) is -0.0443. The molecule has 1 saturated heterocycles. The number of anilines is 2. The molecule has 0 bridgehead atoms. The molecule has 9 nitrogen and oxygen atoms in total. The van der Waals surface area contributed by atoms with Crippen LogP contribution in [0, 0.1) is 5.82 Å². The second-order valence-electron chi connectivity index (χ2n) is 8.49. The SMILES string of the molecule is CC(C)OC(=O)N1CCC(Oc2cc(Nc3ccc(S(=O)(=O)C4CC4)cc3F)ncn2)CC1. The fourth-order valence-corrected chi connectivity index (χ4v) is 5.23. The number of nitrogens with zero attached hydrogens (tertiary/aromatic N) is 3. The maximum atomic E-state index is 14.6. The summed E-state index contributed by atoms with van der Waals surface area (Å²) in [5.41, 5.74) is 0.103. The topological polar surface area (TPSA) is 111 Å². The number of piperidine rings is 1. The molecule has 1 aliphatic heterocycles. The van der Waals surface area contributed by atoms with Crippen LogP contribution in [0.3, 0.4) is 0 Å². The molecule has 2 heterocycles. The van der Waals surface area contributed by atoms with Gasteiger partial charge in [0.2, 0.25) is 5.88 Å². The van der Waals surface area contributed by atoms with Gasteiger partial charge in [0.15, 0.2) is 9.84 Å². The van der Waals surface area contributed by atoms with Gasteiger partial charge in [-0.3, -0.25) is 0 Å². The molecule has 0 radical (unpaired) electrons. The normalized spacial score (nSPS) is 17.2. The molecule has 1 saturated carbocycles. The fourth-order valence-electron chi connectivity index (χ4n) is 3.56. The summed E-state index contributed by atoms with van der Waals surface area (Å²) in [7, 11) is -3.46. The first-order valence-corrected chi connectivity index (χ1v) is 12.5. The number of nitrogens with one attached hydrogen (secondary N) is 1. The number of sulfone groups is 1. The molecular weight excluding hydrogens is 451 g/mol. The Morgan fingerprint density at radius 1 is 1.15 bits per heavy atom. The number of hydrogen-bond donors (Lipinski definition) is 1. The number of carbonyl (C=O) groups is 1. The second-order valence-corrected chi connectivity index (χ2v) is 10.7. The Morgan fingerprint density at radius 2 is 1.88 bits per heavy atom. The smallest absolute Gasteiger partial charge is 0.410 e. The van der Waals surface area contributed by atoms with E-state index in [0.717, 1.165) is 6.07 Å². The Balaban J connectivity index is 1.35. The van der Waals surface area contributed by atoms with Crippen molar-refractivity contribution in [3.8, 4) is 5.88 Å². The predicted molar refractivity (Wildman–Crippen MR) is 119 cm³/mol. The molecule has 1 aromatic carbocycles. The Bertz CT molecular complexity index is 1120. The maximum absolute atomic E-state index is 14.6. The third kappa shape index (κ3) is 5.70. The van der Waals surface area contributed by atoms with Crippen LogP contribution in [0.2, 0.25) is 0 Å². The lowest BCUT2D eigenvalue weighted by molar-refractivity contribution is 0.0507. The first kappa shape index (κ1) is 23.2. The molecule has 1 aromatic heterocycles. The number of benzene rings is 1. The van der Waals surface area contributed by atoms with E-state index < -0.39 is 20.9 Å². The molecule has 11 heteroatoms. The Labute approximate surface area is 192 Å². The standard InChI is InChI=1S/C22H27FN4O5S/c1-14(2)31-22(28)27-9-7-15(8-10-27)32-21-12-20(24-13-25-21)26-19-6-5-17(11-18(19)23)33(29,30)16-3-4-16/h5-6,11-16H,3-4,7-10H2,1-2H3,(H,24,25,26). The van der Waals surface area contributed by atoms with Gasteiger partial charge in [-0.05, 0) is 44.9 Å². The highest BCUT2D eigenvalue weighted by atomic mass is 32.2. The predicted octanol–water partition coefficient (Wildman–Crippen LogP) is 3.68. The molecule has 1 aliphatic carbocycles. The minimum Gasteiger partial charge on any atom is -0.474 e. The van der Waals surface area contributed by atoms with Crippen molar-refractivity contribution in [1.82, 2.24) is 14.9 Å². The largest absolute Gasteiger partial charge is 0.474 e. The van der Waals surface area contributed by atoms with Crippen molar-refractivity contribution in [2.75, 3.05) is 18.4 Å². The number of ether oxygens (including phenoxy) is 2. The van der Waals surface area contributed by atoms with Crippen molar-refractivity contribution >= 4 is 27.4 Å². The zero-order chi connectivity index (χ0) is 23.6. The third-order valence-electron chi connectivity index (χ3n) is 5.46. The van der Waals surface area contributed by atoms with E-state index in [1.54, 1.807) is 11.0 Å². The molecule has 0 spiro atoms. The van der Waals surface area contributed by atoms with Gasteiger partial charge < -0.3 is 19.7 Å². The number of hydrogen-bond acceptors (Lipinski definition) is 8. The van der Waals surface area contributed by atoms with Crippen LogP contribution in [-0.4, -0.2) is 59.9 Å². The molecule has 2 fully saturated rings. The zero-order valence-corrected chi connectivity index (χ0v) is 19.3. The zero-order valence-electron chi connectivity index (χ0n) is 18.5. The van der Waals surface area contributed by atoms with Crippen LogP contribution in [0.25, 0.3) is 0 Å². The van der Waals surface area contributed by atoms with Gasteiger partial charge in [-0.1, -0.05) is 0 Å². The molecule has 4 rings (SSSR count). The molecule has 2 aliphatic rings. The molecular formula is C22H27FN4O5S. The van der Waals surface area contributed by atoms with Crippen LogP contribution in [0.15, 0.2) is 35.5 Å². The van der Waals surface area contributed by atoms with E-state index in [1.807, 2.05) is 13.8 Å². The summed E-state index contributed by atoms with van der Waals surface area (Å²) < 4.78 is 50.3. The number of aromatic nitrogens is 2. The van der Waals surface area contributed by atoms with Gasteiger partial charge >= 0.3 is 6.09 Å². The quantitative estimate of drug-likeness (QED) is 0.642. The van der Waals surface area contributed by atoms with E-state index in [2.05, 4.69) is 15.3 Å². The Kier molecular flexibility index (Phi) is 6.68. The number of likely N-dealkylation sites (tertiary alicyclic amines) is 1. The average molecular weight is 479 g/mol. The van der Waals surface area contributed by atoms with E-state index >= 15 is 0 Å². The Hall–Kier alpha value is -2.95. The van der Waals surface area contributed by atoms with Gasteiger partial charge in [0, 0.05) is 32.0 Å². The summed E-state index contributed by atoms with van der Waals surface area (Å²) >= 11 is 0. The van der Waals surface area contributed by atoms with E-state index in [0.29, 0.717) is 50.5 Å². The average Bonchev–Trinajstić information content (AvgIpc) is 3.61. The monoisotopic (exact) mass is 478 g/mol. The molecule has 1 amide bonds. The van der Waals surface area contributed by atoms with Crippen LogP contribution < -0.4 is 10.1 Å². The minimum absolute atomic E-state index is 0.0108. The summed E-state index contributed by atoms with van der Waals surface area (Å²) in [6.07, 6.45) is 3.19. The fraction of sp³-hybridized carbons (Fsp3) is 0.500. The van der Waals surface area contributed by atoms with Crippen molar-refractivity contribution in [2.24, 2.45) is 0 Å². The van der Waals surface area contributed by atoms with Crippen LogP contribution in [0.1, 0.15) is 39.5 Å². The highest BCUT2D eigenvalue weighted by molar-refractivity contribution is 7.92. The van der Waals surface area contributed by atoms with Crippen molar-refractivity contribution in [3.05, 3.63) is 36.4 Å². The summed E-state index contributed by atoms with van der Waals surface area (Å²) in [6.45, 7) is 4.66. The van der Waals surface area contributed by atoms with Gasteiger partial charge in [0.1, 0.15) is 24.1 Å². The minimum atomic E-state index is -3.46. The van der Waals surface area contributed by atoms with E-state index in [-0.39, 0.29) is 28.9 Å². The number of carbonyl (C=O) groups excluding carboxylic acids is 1. The Morgan fingerprint density at radius 3 is 2.52 bits per heavy atom. The van der Waals surface area contributed by atoms with Gasteiger partial charge in [0.25, 0.3) is 0 Å². The highest BCUT2D eigenvalue weighted by Gasteiger charge is 2.37. The van der Waals surface area contributed by atoms with E-state index in [1.165, 1.54) is 18.5 Å². The molecule has 2 aromatic rings.